The maximum Gasteiger partial charge on any atom is 0.224 e. The number of guanidine groups is 1. The van der Waals surface area contributed by atoms with Crippen molar-refractivity contribution in [1.29, 1.82) is 0 Å². The number of aromatic nitrogens is 2. The van der Waals surface area contributed by atoms with E-state index in [0.29, 0.717) is 16.3 Å². The minimum absolute atomic E-state index is 0.0342. The Balaban J connectivity index is 1.89. The molecule has 3 rings (SSSR count). The van der Waals surface area contributed by atoms with Crippen molar-refractivity contribution in [1.82, 2.24) is 9.97 Å². The number of rotatable bonds is 2. The number of pyridine rings is 1. The maximum atomic E-state index is 5.88. The summed E-state index contributed by atoms with van der Waals surface area (Å²) in [4.78, 5) is 16.5. The van der Waals surface area contributed by atoms with E-state index >= 15 is 0 Å². The number of thiazole rings is 1. The Hall–Kier alpha value is -2.74. The monoisotopic (exact) mass is 306 g/mol. The zero-order valence-electron chi connectivity index (χ0n) is 11.5. The second-order valence-electron chi connectivity index (χ2n) is 4.40. The zero-order valence-corrected chi connectivity index (χ0v) is 12.3. The van der Waals surface area contributed by atoms with Gasteiger partial charge in [0.1, 0.15) is 13.7 Å². The number of fused-ring (bicyclic) bond motifs is 1. The predicted octanol–water partition coefficient (Wildman–Crippen LogP) is 0.837. The van der Waals surface area contributed by atoms with Crippen LogP contribution in [0.2, 0.25) is 0 Å². The first-order valence-electron chi connectivity index (χ1n) is 6.37. The molecule has 0 aliphatic heterocycles. The molecule has 3 aromatic rings. The molecular weight excluding hydrogens is 295 g/mol. The van der Waals surface area contributed by atoms with Crippen molar-refractivity contribution in [2.24, 2.45) is 21.5 Å². The number of nitrogens with zero attached hydrogens (tertiary/aromatic N) is 4. The van der Waals surface area contributed by atoms with Crippen LogP contribution in [0, 0.1) is 0 Å². The largest absolute Gasteiger partial charge is 0.383 e. The number of amidine groups is 1. The standard InChI is InChI=1S/C14H11BN6S/c15-11-7-8(5-6-18-11)12(16)20-13(17)21-14-19-9-3-1-2-4-10(9)22-14/h1-7H,(H4,16,17,19,20,21). The van der Waals surface area contributed by atoms with Crippen molar-refractivity contribution < 1.29 is 0 Å². The highest BCUT2D eigenvalue weighted by Gasteiger charge is 2.04. The van der Waals surface area contributed by atoms with Gasteiger partial charge in [-0.2, -0.15) is 9.98 Å². The van der Waals surface area contributed by atoms with Gasteiger partial charge < -0.3 is 11.5 Å². The third-order valence-corrected chi connectivity index (χ3v) is 3.73. The predicted molar refractivity (Wildman–Crippen MR) is 91.3 cm³/mol. The van der Waals surface area contributed by atoms with E-state index in [2.05, 4.69) is 20.0 Å². The van der Waals surface area contributed by atoms with E-state index in [1.54, 1.807) is 18.3 Å². The Labute approximate surface area is 132 Å². The summed E-state index contributed by atoms with van der Waals surface area (Å²) in [7, 11) is 5.60. The maximum absolute atomic E-state index is 5.88. The molecule has 0 saturated heterocycles. The first kappa shape index (κ1) is 14.2. The topological polar surface area (TPSA) is 103 Å². The molecule has 0 aliphatic carbocycles. The lowest BCUT2D eigenvalue weighted by molar-refractivity contribution is 1.34. The molecule has 6 nitrogen and oxygen atoms in total. The Bertz CT molecular complexity index is 853. The fraction of sp³-hybridized carbons (Fsp3) is 0. The quantitative estimate of drug-likeness (QED) is 0.416. The second kappa shape index (κ2) is 5.94. The molecule has 106 valence electrons. The number of aliphatic imine (C=N–C) groups is 2. The first-order chi connectivity index (χ1) is 10.6. The highest BCUT2D eigenvalue weighted by Crippen LogP contribution is 2.27. The van der Waals surface area contributed by atoms with Crippen LogP contribution in [-0.2, 0) is 0 Å². The summed E-state index contributed by atoms with van der Waals surface area (Å²) in [6, 6.07) is 11.1. The number of para-hydroxylation sites is 1. The van der Waals surface area contributed by atoms with Gasteiger partial charge in [0.15, 0.2) is 0 Å². The van der Waals surface area contributed by atoms with Crippen molar-refractivity contribution in [2.45, 2.75) is 0 Å². The van der Waals surface area contributed by atoms with E-state index in [9.17, 15) is 0 Å². The Morgan fingerprint density at radius 1 is 1.18 bits per heavy atom. The third-order valence-electron chi connectivity index (χ3n) is 2.80. The Kier molecular flexibility index (Phi) is 3.84. The van der Waals surface area contributed by atoms with Crippen molar-refractivity contribution in [3.8, 4) is 0 Å². The number of hydrogen-bond donors (Lipinski definition) is 2. The SMILES string of the molecule is [B]c1cc(C(N)=NC(N)=Nc2nc3ccccc3s2)ccn1. The fourth-order valence-electron chi connectivity index (χ4n) is 1.83. The van der Waals surface area contributed by atoms with E-state index in [1.807, 2.05) is 24.3 Å². The third kappa shape index (κ3) is 3.12. The van der Waals surface area contributed by atoms with Gasteiger partial charge in [-0.25, -0.2) is 4.98 Å². The molecule has 2 aromatic heterocycles. The van der Waals surface area contributed by atoms with Crippen LogP contribution in [0.15, 0.2) is 52.6 Å². The smallest absolute Gasteiger partial charge is 0.224 e. The van der Waals surface area contributed by atoms with Crippen LogP contribution in [0.4, 0.5) is 5.13 Å². The average molecular weight is 306 g/mol. The summed E-state index contributed by atoms with van der Waals surface area (Å²) >= 11 is 1.43. The van der Waals surface area contributed by atoms with Crippen molar-refractivity contribution in [3.63, 3.8) is 0 Å². The van der Waals surface area contributed by atoms with Crippen LogP contribution in [0.1, 0.15) is 5.56 Å². The number of benzene rings is 1. The lowest BCUT2D eigenvalue weighted by atomic mass is 10.0. The molecule has 2 heterocycles. The highest BCUT2D eigenvalue weighted by molar-refractivity contribution is 7.22. The molecule has 22 heavy (non-hydrogen) atoms. The van der Waals surface area contributed by atoms with E-state index in [4.69, 9.17) is 19.3 Å². The van der Waals surface area contributed by atoms with Crippen LogP contribution in [0.5, 0.6) is 0 Å². The first-order valence-corrected chi connectivity index (χ1v) is 7.19. The van der Waals surface area contributed by atoms with Gasteiger partial charge in [-0.05, 0) is 29.9 Å². The van der Waals surface area contributed by atoms with Gasteiger partial charge in [0.2, 0.25) is 11.1 Å². The van der Waals surface area contributed by atoms with Crippen LogP contribution in [0.25, 0.3) is 10.2 Å². The van der Waals surface area contributed by atoms with Crippen LogP contribution in [0.3, 0.4) is 0 Å². The molecule has 0 saturated carbocycles. The van der Waals surface area contributed by atoms with Gasteiger partial charge in [-0.1, -0.05) is 23.5 Å². The minimum atomic E-state index is 0.0342. The molecule has 4 N–H and O–H groups in total. The van der Waals surface area contributed by atoms with Gasteiger partial charge in [0, 0.05) is 11.8 Å². The van der Waals surface area contributed by atoms with Crippen molar-refractivity contribution in [2.75, 3.05) is 0 Å². The van der Waals surface area contributed by atoms with E-state index in [0.717, 1.165) is 10.2 Å². The van der Waals surface area contributed by atoms with Crippen LogP contribution in [-0.4, -0.2) is 29.6 Å². The number of nitrogens with two attached hydrogens (primary N) is 2. The molecule has 0 unspecified atom stereocenters. The summed E-state index contributed by atoms with van der Waals surface area (Å²) in [5.74, 6) is 0.253. The summed E-state index contributed by atoms with van der Waals surface area (Å²) in [5.41, 5.74) is 13.6. The summed E-state index contributed by atoms with van der Waals surface area (Å²) in [6.45, 7) is 0. The van der Waals surface area contributed by atoms with Gasteiger partial charge in [0.05, 0.1) is 10.2 Å². The van der Waals surface area contributed by atoms with Crippen LogP contribution < -0.4 is 17.1 Å². The van der Waals surface area contributed by atoms with Crippen molar-refractivity contribution in [3.05, 3.63) is 48.2 Å². The summed E-state index contributed by atoms with van der Waals surface area (Å²) in [6.07, 6.45) is 1.55. The van der Waals surface area contributed by atoms with Gasteiger partial charge >= 0.3 is 0 Å². The molecule has 0 fully saturated rings. The summed E-state index contributed by atoms with van der Waals surface area (Å²) < 4.78 is 1.04. The molecule has 8 heteroatoms. The van der Waals surface area contributed by atoms with E-state index < -0.39 is 0 Å². The molecule has 1 aromatic carbocycles. The molecule has 2 radical (unpaired) electrons. The molecule has 0 amide bonds. The Morgan fingerprint density at radius 3 is 2.77 bits per heavy atom. The molecular formula is C14H11BN6S. The minimum Gasteiger partial charge on any atom is -0.383 e. The lowest BCUT2D eigenvalue weighted by Gasteiger charge is -2.01. The zero-order chi connectivity index (χ0) is 15.5. The molecule has 0 atom stereocenters. The molecule has 0 spiro atoms. The van der Waals surface area contributed by atoms with Gasteiger partial charge in [-0.15, -0.1) is 0 Å². The van der Waals surface area contributed by atoms with Gasteiger partial charge in [0.25, 0.3) is 0 Å². The van der Waals surface area contributed by atoms with Crippen LogP contribution >= 0.6 is 11.3 Å². The normalized spacial score (nSPS) is 12.7. The van der Waals surface area contributed by atoms with E-state index in [1.165, 1.54) is 11.3 Å². The lowest BCUT2D eigenvalue weighted by Crippen LogP contribution is -2.21. The highest BCUT2D eigenvalue weighted by atomic mass is 32.1. The summed E-state index contributed by atoms with van der Waals surface area (Å²) in [5, 5.41) is 0.532. The molecule has 0 aliphatic rings. The average Bonchev–Trinajstić information content (AvgIpc) is 2.89. The Morgan fingerprint density at radius 2 is 2.00 bits per heavy atom. The van der Waals surface area contributed by atoms with E-state index in [-0.39, 0.29) is 11.8 Å². The molecule has 0 bridgehead atoms. The van der Waals surface area contributed by atoms with Crippen molar-refractivity contribution >= 4 is 51.9 Å². The second-order valence-corrected chi connectivity index (χ2v) is 5.41. The van der Waals surface area contributed by atoms with Gasteiger partial charge in [-0.3, -0.25) is 4.98 Å². The number of hydrogen-bond acceptors (Lipinski definition) is 4. The fourth-order valence-corrected chi connectivity index (χ4v) is 2.67.